The van der Waals surface area contributed by atoms with Gasteiger partial charge in [0.2, 0.25) is 11.8 Å². The quantitative estimate of drug-likeness (QED) is 0.346. The molecule has 2 amide bonds. The van der Waals surface area contributed by atoms with Crippen LogP contribution in [-0.2, 0) is 22.6 Å². The topological polar surface area (TPSA) is 135 Å². The molecule has 3 aromatic rings. The van der Waals surface area contributed by atoms with E-state index < -0.39 is 23.3 Å². The lowest BCUT2D eigenvalue weighted by molar-refractivity contribution is -0.132. The van der Waals surface area contributed by atoms with Crippen molar-refractivity contribution in [3.8, 4) is 0 Å². The summed E-state index contributed by atoms with van der Waals surface area (Å²) in [6.45, 7) is 3.05. The molecule has 40 heavy (non-hydrogen) atoms. The maximum atomic E-state index is 13.9. The van der Waals surface area contributed by atoms with Gasteiger partial charge in [0, 0.05) is 41.2 Å². The van der Waals surface area contributed by atoms with Crippen LogP contribution in [-0.4, -0.2) is 57.5 Å². The number of aliphatic hydroxyl groups excluding tert-OH is 1. The van der Waals surface area contributed by atoms with Gasteiger partial charge in [-0.25, -0.2) is 9.97 Å². The normalized spacial score (nSPS) is 22.3. The van der Waals surface area contributed by atoms with Gasteiger partial charge in [-0.05, 0) is 50.8 Å². The number of aryl methyl sites for hydroxylation is 1. The van der Waals surface area contributed by atoms with E-state index in [1.54, 1.807) is 30.3 Å². The summed E-state index contributed by atoms with van der Waals surface area (Å²) in [6, 6.07) is 9.57. The molecule has 2 aromatic heterocycles. The molecule has 1 aliphatic carbocycles. The van der Waals surface area contributed by atoms with Crippen molar-refractivity contribution in [1.82, 2.24) is 20.2 Å². The van der Waals surface area contributed by atoms with E-state index in [0.717, 1.165) is 35.7 Å². The van der Waals surface area contributed by atoms with Gasteiger partial charge >= 0.3 is 0 Å². The average molecular weight is 562 g/mol. The first kappa shape index (κ1) is 27.9. The molecule has 1 aromatic carbocycles. The van der Waals surface area contributed by atoms with E-state index >= 15 is 0 Å². The third kappa shape index (κ3) is 5.79. The highest BCUT2D eigenvalue weighted by molar-refractivity contribution is 7.09. The van der Waals surface area contributed by atoms with Crippen LogP contribution in [0.2, 0.25) is 0 Å². The van der Waals surface area contributed by atoms with Crippen molar-refractivity contribution in [3.05, 3.63) is 88.1 Å². The second-order valence-electron chi connectivity index (χ2n) is 10.7. The van der Waals surface area contributed by atoms with Gasteiger partial charge in [0.15, 0.2) is 12.2 Å². The Balaban J connectivity index is 1.57. The number of hydrogen-bond donors (Lipinski definition) is 3. The van der Waals surface area contributed by atoms with E-state index in [4.69, 9.17) is 10.2 Å². The Morgan fingerprint density at radius 1 is 1.32 bits per heavy atom. The Bertz CT molecular complexity index is 1390. The number of aliphatic hydroxyl groups is 1. The van der Waals surface area contributed by atoms with Crippen molar-refractivity contribution in [2.75, 3.05) is 13.6 Å². The number of nitrogens with one attached hydrogen (secondary N) is 1. The van der Waals surface area contributed by atoms with Crippen LogP contribution in [0.4, 0.5) is 0 Å². The Morgan fingerprint density at radius 2 is 2.12 bits per heavy atom. The number of likely N-dealkylation sites (N-methyl/N-ethyl adjacent to an activating group) is 1. The van der Waals surface area contributed by atoms with E-state index in [-0.39, 0.29) is 18.4 Å². The van der Waals surface area contributed by atoms with Crippen molar-refractivity contribution in [2.45, 2.75) is 51.3 Å². The zero-order valence-corrected chi connectivity index (χ0v) is 23.6. The van der Waals surface area contributed by atoms with E-state index in [9.17, 15) is 14.7 Å². The SMILES string of the molecule is Cc1csc(CN(C)C(=O)C2=CC(c3cnco3)=CC(C(N)=O)([C@H](Cc3ccccc3)[C@@H](O)[C@H]3CCCN3)C2)n1. The summed E-state index contributed by atoms with van der Waals surface area (Å²) in [5, 5.41) is 18.0. The summed E-state index contributed by atoms with van der Waals surface area (Å²) in [6.07, 6.45) is 7.68. The highest BCUT2D eigenvalue weighted by Crippen LogP contribution is 2.47. The number of oxazole rings is 1. The van der Waals surface area contributed by atoms with Gasteiger partial charge in [-0.2, -0.15) is 0 Å². The highest BCUT2D eigenvalue weighted by Gasteiger charge is 2.50. The van der Waals surface area contributed by atoms with Gasteiger partial charge in [-0.1, -0.05) is 36.4 Å². The van der Waals surface area contributed by atoms with Crippen molar-refractivity contribution in [3.63, 3.8) is 0 Å². The number of aromatic nitrogens is 2. The van der Waals surface area contributed by atoms with E-state index in [1.165, 1.54) is 17.7 Å². The first-order valence-electron chi connectivity index (χ1n) is 13.5. The van der Waals surface area contributed by atoms with Gasteiger partial charge in [0.05, 0.1) is 24.3 Å². The Morgan fingerprint density at radius 3 is 2.75 bits per heavy atom. The predicted molar refractivity (Wildman–Crippen MR) is 153 cm³/mol. The number of primary amides is 1. The van der Waals surface area contributed by atoms with Crippen LogP contribution in [0.15, 0.2) is 70.4 Å². The molecule has 0 radical (unpaired) electrons. The van der Waals surface area contributed by atoms with Gasteiger partial charge in [0.1, 0.15) is 5.01 Å². The van der Waals surface area contributed by atoms with Gasteiger partial charge in [-0.3, -0.25) is 9.59 Å². The van der Waals surface area contributed by atoms with Crippen molar-refractivity contribution < 1.29 is 19.1 Å². The van der Waals surface area contributed by atoms with Crippen LogP contribution >= 0.6 is 11.3 Å². The summed E-state index contributed by atoms with van der Waals surface area (Å²) in [5.74, 6) is -1.03. The lowest BCUT2D eigenvalue weighted by Gasteiger charge is -2.43. The molecule has 0 bridgehead atoms. The van der Waals surface area contributed by atoms with Crippen LogP contribution in [0.25, 0.3) is 5.57 Å². The molecule has 1 unspecified atom stereocenters. The monoisotopic (exact) mass is 561 g/mol. The highest BCUT2D eigenvalue weighted by atomic mass is 32.1. The number of allylic oxidation sites excluding steroid dienone is 2. The fraction of sp³-hybridized carbons (Fsp3) is 0.400. The number of nitrogens with zero attached hydrogens (tertiary/aromatic N) is 3. The zero-order valence-electron chi connectivity index (χ0n) is 22.7. The maximum Gasteiger partial charge on any atom is 0.249 e. The molecule has 10 heteroatoms. The molecule has 210 valence electrons. The molecule has 2 aliphatic rings. The van der Waals surface area contributed by atoms with Crippen LogP contribution in [0, 0.1) is 18.3 Å². The Labute approximate surface area is 237 Å². The van der Waals surface area contributed by atoms with Crippen molar-refractivity contribution in [2.24, 2.45) is 17.1 Å². The van der Waals surface area contributed by atoms with Crippen molar-refractivity contribution >= 4 is 28.7 Å². The van der Waals surface area contributed by atoms with Gasteiger partial charge in [-0.15, -0.1) is 11.3 Å². The maximum absolute atomic E-state index is 13.9. The first-order chi connectivity index (χ1) is 19.3. The smallest absolute Gasteiger partial charge is 0.249 e. The third-order valence-corrected chi connectivity index (χ3v) is 8.90. The number of thiazole rings is 1. The number of hydrogen-bond acceptors (Lipinski definition) is 8. The Hall–Kier alpha value is -3.60. The summed E-state index contributed by atoms with van der Waals surface area (Å²) in [5.41, 5.74) is 7.71. The lowest BCUT2D eigenvalue weighted by atomic mass is 9.62. The van der Waals surface area contributed by atoms with Gasteiger partial charge in [0.25, 0.3) is 0 Å². The molecule has 9 nitrogen and oxygen atoms in total. The Kier molecular flexibility index (Phi) is 8.30. The number of rotatable bonds is 10. The van der Waals surface area contributed by atoms with Crippen LogP contribution in [0.5, 0.6) is 0 Å². The molecule has 1 saturated heterocycles. The van der Waals surface area contributed by atoms with E-state index in [2.05, 4.69) is 15.3 Å². The second kappa shape index (κ2) is 11.9. The predicted octanol–water partition coefficient (Wildman–Crippen LogP) is 3.26. The minimum atomic E-state index is -1.36. The van der Waals surface area contributed by atoms with E-state index in [1.807, 2.05) is 42.6 Å². The largest absolute Gasteiger partial charge is 0.444 e. The number of nitrogens with two attached hydrogens (primary N) is 1. The summed E-state index contributed by atoms with van der Waals surface area (Å²) in [4.78, 5) is 37.6. The average Bonchev–Trinajstić information content (AvgIpc) is 3.75. The standard InChI is InChI=1S/C30H35N5O4S/c1-19-17-40-26(34-19)16-35(2)28(37)22-12-21(25-15-32-18-39-25)13-30(14-22,29(31)38)23(11-20-7-4-3-5-8-20)27(36)24-9-6-10-33-24/h3-5,7-8,12-13,15,17-18,23-24,27,33,36H,6,9-11,14,16H2,1-2H3,(H2,31,38)/t23-,24-,27-,30?/m1/s1. The molecule has 4 N–H and O–H groups in total. The fourth-order valence-electron chi connectivity index (χ4n) is 5.90. The van der Waals surface area contributed by atoms with Crippen LogP contribution in [0.3, 0.4) is 0 Å². The molecular weight excluding hydrogens is 526 g/mol. The van der Waals surface area contributed by atoms with Crippen molar-refractivity contribution in [1.29, 1.82) is 0 Å². The molecule has 4 atom stereocenters. The first-order valence-corrected chi connectivity index (χ1v) is 14.4. The number of carbonyl (C=O) groups is 2. The molecule has 0 saturated carbocycles. The minimum Gasteiger partial charge on any atom is -0.444 e. The molecule has 3 heterocycles. The van der Waals surface area contributed by atoms with E-state index in [0.29, 0.717) is 29.9 Å². The summed E-state index contributed by atoms with van der Waals surface area (Å²) < 4.78 is 5.61. The van der Waals surface area contributed by atoms with Crippen LogP contribution < -0.4 is 11.1 Å². The second-order valence-corrected chi connectivity index (χ2v) is 11.7. The molecule has 1 aliphatic heterocycles. The number of amides is 2. The minimum absolute atomic E-state index is 0.0569. The lowest BCUT2D eigenvalue weighted by Crippen LogP contribution is -2.53. The molecule has 1 fully saturated rings. The summed E-state index contributed by atoms with van der Waals surface area (Å²) in [7, 11) is 1.72. The third-order valence-electron chi connectivity index (χ3n) is 7.94. The zero-order chi connectivity index (χ0) is 28.3. The molecule has 0 spiro atoms. The fourth-order valence-corrected chi connectivity index (χ4v) is 6.72. The number of benzene rings is 1. The summed E-state index contributed by atoms with van der Waals surface area (Å²) >= 11 is 1.50. The van der Waals surface area contributed by atoms with Gasteiger partial charge < -0.3 is 25.5 Å². The number of carbonyl (C=O) groups excluding carboxylic acids is 2. The molecule has 5 rings (SSSR count). The van der Waals surface area contributed by atoms with Crippen LogP contribution in [0.1, 0.15) is 41.3 Å². The molecular formula is C30H35N5O4S.